The molecular formula is C32H33N3O7. The molecule has 5 rings (SSSR count). The molecule has 0 radical (unpaired) electrons. The van der Waals surface area contributed by atoms with Crippen molar-refractivity contribution in [2.45, 2.75) is 30.9 Å². The van der Waals surface area contributed by atoms with Gasteiger partial charge in [-0.05, 0) is 50.0 Å². The van der Waals surface area contributed by atoms with Crippen molar-refractivity contribution in [3.63, 3.8) is 0 Å². The molecule has 1 fully saturated rings. The highest BCUT2D eigenvalue weighted by molar-refractivity contribution is 6.24. The van der Waals surface area contributed by atoms with Gasteiger partial charge in [0.05, 0.1) is 17.2 Å². The number of rotatable bonds is 4. The standard InChI is InChI=1S/C32H33N3O7/c1-34(2)21-15-17(12-8-11-16-9-6-5-7-10-16)26(36)23-19(21)13-18-14-20-25(35(3)4)28(38)24(31(33)41)30(40)32(20,42)29(39)22(18)27(23)37/h5-7,9-10,15,18,20,25,36-37,40,42H,11,13-14H2,1-4H3,(H2,33,41)/t18-,20+,25+,32+/m1/s1. The van der Waals surface area contributed by atoms with Crippen LogP contribution in [0, 0.1) is 23.7 Å². The molecule has 0 heterocycles. The highest BCUT2D eigenvalue weighted by Crippen LogP contribution is 2.54. The Morgan fingerprint density at radius 3 is 2.36 bits per heavy atom. The van der Waals surface area contributed by atoms with Crippen LogP contribution in [-0.4, -0.2) is 82.6 Å². The number of nitrogens with zero attached hydrogens (tertiary/aromatic N) is 2. The first kappa shape index (κ1) is 28.9. The minimum Gasteiger partial charge on any atom is -0.508 e. The summed E-state index contributed by atoms with van der Waals surface area (Å²) in [5.74, 6) is -0.841. The molecule has 3 aliphatic rings. The van der Waals surface area contributed by atoms with E-state index in [9.17, 15) is 34.8 Å². The first-order valence-corrected chi connectivity index (χ1v) is 13.5. The summed E-state index contributed by atoms with van der Waals surface area (Å²) in [6.07, 6.45) is 0.654. The average molecular weight is 572 g/mol. The maximum atomic E-state index is 14.1. The number of ketones is 2. The molecule has 0 aliphatic heterocycles. The molecular weight excluding hydrogens is 538 g/mol. The number of anilines is 1. The number of Topliss-reactive ketones (excluding diaryl/α,β-unsaturated/α-hetero) is 2. The van der Waals surface area contributed by atoms with Crippen molar-refractivity contribution < 1.29 is 34.8 Å². The Labute approximate surface area is 243 Å². The number of fused-ring (bicyclic) bond motifs is 3. The zero-order chi connectivity index (χ0) is 30.7. The molecule has 0 bridgehead atoms. The van der Waals surface area contributed by atoms with E-state index in [1.54, 1.807) is 20.2 Å². The Morgan fingerprint density at radius 1 is 1.10 bits per heavy atom. The Balaban J connectivity index is 1.68. The predicted octanol–water partition coefficient (Wildman–Crippen LogP) is 1.62. The zero-order valence-corrected chi connectivity index (χ0v) is 23.8. The molecule has 4 atom stereocenters. The number of primary amides is 1. The van der Waals surface area contributed by atoms with Crippen molar-refractivity contribution in [2.75, 3.05) is 33.1 Å². The lowest BCUT2D eigenvalue weighted by atomic mass is 9.57. The second-order valence-electron chi connectivity index (χ2n) is 11.5. The minimum absolute atomic E-state index is 0.0153. The summed E-state index contributed by atoms with van der Waals surface area (Å²) in [5, 5.41) is 45.7. The number of hydrogen-bond donors (Lipinski definition) is 5. The van der Waals surface area contributed by atoms with Gasteiger partial charge in [-0.25, -0.2) is 0 Å². The normalized spacial score (nSPS) is 25.0. The van der Waals surface area contributed by atoms with E-state index in [1.165, 1.54) is 4.90 Å². The summed E-state index contributed by atoms with van der Waals surface area (Å²) in [4.78, 5) is 42.8. The van der Waals surface area contributed by atoms with E-state index in [2.05, 4.69) is 11.8 Å². The number of carbonyl (C=O) groups excluding carboxylic acids is 3. The third kappa shape index (κ3) is 4.24. The Hall–Kier alpha value is -4.59. The van der Waals surface area contributed by atoms with E-state index >= 15 is 0 Å². The smallest absolute Gasteiger partial charge is 0.255 e. The van der Waals surface area contributed by atoms with Crippen LogP contribution in [0.25, 0.3) is 5.76 Å². The van der Waals surface area contributed by atoms with Crippen LogP contribution in [0.5, 0.6) is 5.75 Å². The topological polar surface area (TPSA) is 165 Å². The average Bonchev–Trinajstić information content (AvgIpc) is 2.92. The third-order valence-corrected chi connectivity index (χ3v) is 8.54. The van der Waals surface area contributed by atoms with Crippen LogP contribution in [0.1, 0.15) is 28.7 Å². The van der Waals surface area contributed by atoms with Gasteiger partial charge in [-0.15, -0.1) is 0 Å². The maximum absolute atomic E-state index is 14.1. The highest BCUT2D eigenvalue weighted by Gasteiger charge is 2.64. The van der Waals surface area contributed by atoms with Gasteiger partial charge in [0.15, 0.2) is 11.4 Å². The fourth-order valence-electron chi connectivity index (χ4n) is 6.62. The molecule has 2 aromatic carbocycles. The van der Waals surface area contributed by atoms with E-state index in [4.69, 9.17) is 5.73 Å². The lowest BCUT2D eigenvalue weighted by Gasteiger charge is -2.50. The third-order valence-electron chi connectivity index (χ3n) is 8.54. The number of aliphatic hydroxyl groups excluding tert-OH is 2. The van der Waals surface area contributed by atoms with Gasteiger partial charge in [0.2, 0.25) is 5.78 Å². The SMILES string of the molecule is CN(C)c1cc(C#CCc2ccccc2)c(O)c2c1C[C@@H]1C[C@H]3[C@H](N(C)C)C(=O)C(C(N)=O)=C(O)[C@@]3(O)C(=O)C1=C2O. The number of likely N-dealkylation sites (N-methyl/N-ethyl adjacent to an activating group) is 1. The van der Waals surface area contributed by atoms with E-state index in [1.807, 2.05) is 49.3 Å². The van der Waals surface area contributed by atoms with Crippen LogP contribution >= 0.6 is 0 Å². The molecule has 42 heavy (non-hydrogen) atoms. The van der Waals surface area contributed by atoms with Crippen molar-refractivity contribution in [1.82, 2.24) is 4.90 Å². The Kier molecular flexibility index (Phi) is 7.13. The molecule has 0 saturated heterocycles. The zero-order valence-electron chi connectivity index (χ0n) is 23.8. The molecule has 10 heteroatoms. The molecule has 3 aliphatic carbocycles. The number of phenols is 1. The number of nitrogens with two attached hydrogens (primary N) is 1. The van der Waals surface area contributed by atoms with Crippen molar-refractivity contribution >= 4 is 28.9 Å². The van der Waals surface area contributed by atoms with Gasteiger partial charge in [-0.3, -0.25) is 19.3 Å². The number of aromatic hydroxyl groups is 1. The number of aliphatic hydroxyl groups is 3. The molecule has 2 aromatic rings. The van der Waals surface area contributed by atoms with Gasteiger partial charge in [-0.1, -0.05) is 42.2 Å². The second kappa shape index (κ2) is 10.4. The summed E-state index contributed by atoms with van der Waals surface area (Å²) in [6, 6.07) is 10.2. The molecule has 1 amide bonds. The Morgan fingerprint density at radius 2 is 1.76 bits per heavy atom. The Bertz CT molecular complexity index is 1650. The van der Waals surface area contributed by atoms with Crippen molar-refractivity contribution in [3.8, 4) is 17.6 Å². The molecule has 1 saturated carbocycles. The van der Waals surface area contributed by atoms with E-state index in [0.717, 1.165) is 5.56 Å². The van der Waals surface area contributed by atoms with Crippen molar-refractivity contribution in [2.24, 2.45) is 17.6 Å². The van der Waals surface area contributed by atoms with E-state index in [0.29, 0.717) is 17.7 Å². The van der Waals surface area contributed by atoms with Gasteiger partial charge in [0.25, 0.3) is 5.91 Å². The number of benzene rings is 2. The predicted molar refractivity (Wildman–Crippen MR) is 156 cm³/mol. The number of hydrogen-bond acceptors (Lipinski definition) is 9. The molecule has 218 valence electrons. The summed E-state index contributed by atoms with van der Waals surface area (Å²) in [5.41, 5.74) is 4.17. The first-order chi connectivity index (χ1) is 19.8. The van der Waals surface area contributed by atoms with Crippen LogP contribution in [0.3, 0.4) is 0 Å². The van der Waals surface area contributed by atoms with Crippen LogP contribution in [0.15, 0.2) is 53.3 Å². The van der Waals surface area contributed by atoms with Crippen molar-refractivity contribution in [3.05, 3.63) is 75.6 Å². The quantitative estimate of drug-likeness (QED) is 0.271. The summed E-state index contributed by atoms with van der Waals surface area (Å²) >= 11 is 0. The summed E-state index contributed by atoms with van der Waals surface area (Å²) in [6.45, 7) is 0. The summed E-state index contributed by atoms with van der Waals surface area (Å²) < 4.78 is 0. The van der Waals surface area contributed by atoms with Crippen LogP contribution in [-0.2, 0) is 27.2 Å². The van der Waals surface area contributed by atoms with Crippen LogP contribution < -0.4 is 10.6 Å². The fraction of sp³-hybridized carbons (Fsp3) is 0.344. The summed E-state index contributed by atoms with van der Waals surface area (Å²) in [7, 11) is 6.75. The van der Waals surface area contributed by atoms with Crippen LogP contribution in [0.2, 0.25) is 0 Å². The van der Waals surface area contributed by atoms with Crippen molar-refractivity contribution in [1.29, 1.82) is 0 Å². The maximum Gasteiger partial charge on any atom is 0.255 e. The van der Waals surface area contributed by atoms with Gasteiger partial charge < -0.3 is 31.1 Å². The molecule has 0 aromatic heterocycles. The molecule has 6 N–H and O–H groups in total. The number of amides is 1. The minimum atomic E-state index is -2.68. The number of carbonyl (C=O) groups is 3. The molecule has 0 spiro atoms. The van der Waals surface area contributed by atoms with Crippen LogP contribution in [0.4, 0.5) is 5.69 Å². The largest absolute Gasteiger partial charge is 0.508 e. The van der Waals surface area contributed by atoms with E-state index < -0.39 is 58.0 Å². The second-order valence-corrected chi connectivity index (χ2v) is 11.5. The van der Waals surface area contributed by atoms with Gasteiger partial charge in [-0.2, -0.15) is 0 Å². The van der Waals surface area contributed by atoms with Gasteiger partial charge in [0, 0.05) is 37.7 Å². The molecule has 0 unspecified atom stereocenters. The van der Waals surface area contributed by atoms with E-state index in [-0.39, 0.29) is 35.3 Å². The lowest BCUT2D eigenvalue weighted by molar-refractivity contribution is -0.153. The van der Waals surface area contributed by atoms with Gasteiger partial charge >= 0.3 is 0 Å². The number of phenolic OH excluding ortho intramolecular Hbond substituents is 1. The molecule has 10 nitrogen and oxygen atoms in total. The van der Waals surface area contributed by atoms with Gasteiger partial charge in [0.1, 0.15) is 22.8 Å². The first-order valence-electron chi connectivity index (χ1n) is 13.5. The highest BCUT2D eigenvalue weighted by atomic mass is 16.3. The monoisotopic (exact) mass is 571 g/mol. The lowest BCUT2D eigenvalue weighted by Crippen LogP contribution is -2.65. The fourth-order valence-corrected chi connectivity index (χ4v) is 6.62.